The van der Waals surface area contributed by atoms with E-state index in [1.165, 1.54) is 0 Å². The number of urea groups is 1. The number of carbonyl (C=O) groups is 3. The fraction of sp³-hybridized carbons (Fsp3) is 0.346. The second-order valence-corrected chi connectivity index (χ2v) is 8.05. The summed E-state index contributed by atoms with van der Waals surface area (Å²) in [6, 6.07) is 10.7. The Morgan fingerprint density at radius 1 is 1.08 bits per heavy atom. The Balaban J connectivity index is 0.000000934. The summed E-state index contributed by atoms with van der Waals surface area (Å²) < 4.78 is 16.8. The Morgan fingerprint density at radius 2 is 1.79 bits per heavy atom. The van der Waals surface area contributed by atoms with E-state index in [4.69, 9.17) is 29.0 Å². The number of hydrogen-bond donors (Lipinski definition) is 3. The highest BCUT2D eigenvalue weighted by Crippen LogP contribution is 2.37. The molecule has 0 bridgehead atoms. The number of ether oxygens (including phenoxy) is 2. The molecule has 0 atom stereocenters. The van der Waals surface area contributed by atoms with Crippen LogP contribution >= 0.6 is 0 Å². The van der Waals surface area contributed by atoms with Crippen molar-refractivity contribution >= 4 is 23.7 Å². The molecular formula is C26H30N4O8. The summed E-state index contributed by atoms with van der Waals surface area (Å²) >= 11 is 0. The average Bonchev–Trinajstić information content (AvgIpc) is 3.52. The number of amides is 2. The highest BCUT2D eigenvalue weighted by atomic mass is 16.5. The van der Waals surface area contributed by atoms with Crippen LogP contribution in [0.5, 0.6) is 11.5 Å². The molecule has 3 N–H and O–H groups in total. The standard InChI is InChI=1S/C24H26N4O6.C2H4O2/c1-3-32-19-9-8-15(14-20(19)33-4-2)23-26-22(27-34-23)17-6-5-7-18-16(17)11-13-28(18)24(31)25-12-10-21(29)30;1-2(3)4/h5-9,14H,3-4,10-13H2,1-2H3,(H,25,31)(H,29,30);1H3,(H,3,4). The van der Waals surface area contributed by atoms with E-state index in [0.29, 0.717) is 55.0 Å². The van der Waals surface area contributed by atoms with E-state index in [0.717, 1.165) is 23.7 Å². The van der Waals surface area contributed by atoms with Gasteiger partial charge in [0.2, 0.25) is 5.82 Å². The molecule has 2 amide bonds. The molecule has 4 rings (SSSR count). The molecule has 2 aromatic carbocycles. The number of aromatic nitrogens is 2. The molecule has 12 nitrogen and oxygen atoms in total. The summed E-state index contributed by atoms with van der Waals surface area (Å²) in [5, 5.41) is 23.0. The summed E-state index contributed by atoms with van der Waals surface area (Å²) in [5.41, 5.74) is 3.17. The molecular weight excluding hydrogens is 496 g/mol. The number of fused-ring (bicyclic) bond motifs is 1. The zero-order chi connectivity index (χ0) is 27.7. The third-order valence-corrected chi connectivity index (χ3v) is 5.35. The Morgan fingerprint density at radius 3 is 2.47 bits per heavy atom. The number of rotatable bonds is 9. The summed E-state index contributed by atoms with van der Waals surface area (Å²) in [6.07, 6.45) is 0.494. The van der Waals surface area contributed by atoms with Crippen molar-refractivity contribution in [3.8, 4) is 34.3 Å². The Hall–Kier alpha value is -4.61. The van der Waals surface area contributed by atoms with Gasteiger partial charge in [0, 0.05) is 36.8 Å². The van der Waals surface area contributed by atoms with Crippen LogP contribution in [-0.2, 0) is 16.0 Å². The van der Waals surface area contributed by atoms with Gasteiger partial charge in [0.25, 0.3) is 11.9 Å². The van der Waals surface area contributed by atoms with Gasteiger partial charge in [-0.25, -0.2) is 4.79 Å². The molecule has 1 aromatic heterocycles. The number of carboxylic acids is 2. The summed E-state index contributed by atoms with van der Waals surface area (Å²) in [5.74, 6) is 0.227. The van der Waals surface area contributed by atoms with Crippen molar-refractivity contribution in [1.29, 1.82) is 0 Å². The number of carbonyl (C=O) groups excluding carboxylic acids is 1. The van der Waals surface area contributed by atoms with Crippen molar-refractivity contribution < 1.29 is 38.6 Å². The Bertz CT molecular complexity index is 1290. The van der Waals surface area contributed by atoms with Crippen molar-refractivity contribution in [3.05, 3.63) is 42.0 Å². The van der Waals surface area contributed by atoms with Gasteiger partial charge in [-0.1, -0.05) is 17.3 Å². The van der Waals surface area contributed by atoms with Gasteiger partial charge in [-0.05, 0) is 50.1 Å². The van der Waals surface area contributed by atoms with E-state index in [1.807, 2.05) is 50.2 Å². The van der Waals surface area contributed by atoms with Gasteiger partial charge in [-0.3, -0.25) is 14.5 Å². The van der Waals surface area contributed by atoms with Crippen molar-refractivity contribution in [1.82, 2.24) is 15.5 Å². The van der Waals surface area contributed by atoms with Gasteiger partial charge in [-0.15, -0.1) is 0 Å². The van der Waals surface area contributed by atoms with Crippen LogP contribution in [0.4, 0.5) is 10.5 Å². The first kappa shape index (κ1) is 28.0. The highest BCUT2D eigenvalue weighted by Gasteiger charge is 2.28. The second kappa shape index (κ2) is 13.1. The van der Waals surface area contributed by atoms with Crippen LogP contribution in [0.3, 0.4) is 0 Å². The minimum atomic E-state index is -0.960. The SMILES string of the molecule is CC(=O)O.CCOc1ccc(-c2nc(-c3cccc4c3CCN4C(=O)NCCC(=O)O)no2)cc1OCC. The molecule has 2 heterocycles. The van der Waals surface area contributed by atoms with Gasteiger partial charge in [0.1, 0.15) is 0 Å². The van der Waals surface area contributed by atoms with Crippen molar-refractivity contribution in [3.63, 3.8) is 0 Å². The molecule has 0 radical (unpaired) electrons. The largest absolute Gasteiger partial charge is 0.490 e. The van der Waals surface area contributed by atoms with Crippen LogP contribution in [0, 0.1) is 0 Å². The van der Waals surface area contributed by atoms with Gasteiger partial charge in [0.15, 0.2) is 11.5 Å². The third-order valence-electron chi connectivity index (χ3n) is 5.35. The molecule has 0 saturated carbocycles. The maximum atomic E-state index is 12.5. The van der Waals surface area contributed by atoms with Gasteiger partial charge in [0.05, 0.1) is 19.6 Å². The maximum absolute atomic E-state index is 12.5. The molecule has 0 spiro atoms. The molecule has 0 saturated heterocycles. The lowest BCUT2D eigenvalue weighted by atomic mass is 10.0. The summed E-state index contributed by atoms with van der Waals surface area (Å²) in [6.45, 7) is 6.46. The van der Waals surface area contributed by atoms with E-state index >= 15 is 0 Å². The molecule has 202 valence electrons. The predicted molar refractivity (Wildman–Crippen MR) is 138 cm³/mol. The highest BCUT2D eigenvalue weighted by molar-refractivity contribution is 5.95. The topological polar surface area (TPSA) is 164 Å². The predicted octanol–water partition coefficient (Wildman–Crippen LogP) is 3.84. The van der Waals surface area contributed by atoms with Crippen molar-refractivity contribution in [2.45, 2.75) is 33.6 Å². The zero-order valence-electron chi connectivity index (χ0n) is 21.4. The monoisotopic (exact) mass is 526 g/mol. The number of aliphatic carboxylic acids is 2. The van der Waals surface area contributed by atoms with Gasteiger partial charge in [-0.2, -0.15) is 4.98 Å². The van der Waals surface area contributed by atoms with Crippen LogP contribution in [0.2, 0.25) is 0 Å². The molecule has 3 aromatic rings. The summed E-state index contributed by atoms with van der Waals surface area (Å²) in [4.78, 5) is 38.4. The van der Waals surface area contributed by atoms with Crippen LogP contribution in [0.25, 0.3) is 22.8 Å². The van der Waals surface area contributed by atoms with Crippen LogP contribution in [-0.4, -0.2) is 64.6 Å². The van der Waals surface area contributed by atoms with Crippen LogP contribution < -0.4 is 19.7 Å². The maximum Gasteiger partial charge on any atom is 0.321 e. The van der Waals surface area contributed by atoms with Crippen LogP contribution in [0.15, 0.2) is 40.9 Å². The molecule has 1 aliphatic rings. The lowest BCUT2D eigenvalue weighted by Gasteiger charge is -2.18. The van der Waals surface area contributed by atoms with Gasteiger partial charge < -0.3 is 29.5 Å². The van der Waals surface area contributed by atoms with Crippen LogP contribution in [0.1, 0.15) is 32.8 Å². The molecule has 0 aliphatic carbocycles. The van der Waals surface area contributed by atoms with Gasteiger partial charge >= 0.3 is 12.0 Å². The fourth-order valence-corrected chi connectivity index (χ4v) is 3.86. The fourth-order valence-electron chi connectivity index (χ4n) is 3.86. The minimum absolute atomic E-state index is 0.0692. The first-order valence-electron chi connectivity index (χ1n) is 12.1. The lowest BCUT2D eigenvalue weighted by molar-refractivity contribution is -0.137. The third kappa shape index (κ3) is 6.99. The number of anilines is 1. The molecule has 0 unspecified atom stereocenters. The van der Waals surface area contributed by atoms with Crippen molar-refractivity contribution in [2.75, 3.05) is 31.2 Å². The number of hydrogen-bond acceptors (Lipinski definition) is 8. The number of nitrogens with one attached hydrogen (secondary N) is 1. The molecule has 12 heteroatoms. The molecule has 38 heavy (non-hydrogen) atoms. The zero-order valence-corrected chi connectivity index (χ0v) is 21.4. The Labute approximate surface area is 219 Å². The second-order valence-electron chi connectivity index (χ2n) is 8.05. The average molecular weight is 527 g/mol. The number of benzene rings is 2. The molecule has 0 fully saturated rings. The van der Waals surface area contributed by atoms with E-state index in [2.05, 4.69) is 15.5 Å². The summed E-state index contributed by atoms with van der Waals surface area (Å²) in [7, 11) is 0. The van der Waals surface area contributed by atoms with E-state index < -0.39 is 11.9 Å². The number of carboxylic acid groups (broad SMARTS) is 2. The Kier molecular flexibility index (Phi) is 9.63. The lowest BCUT2D eigenvalue weighted by Crippen LogP contribution is -2.39. The first-order chi connectivity index (χ1) is 18.2. The number of nitrogens with zero attached hydrogens (tertiary/aromatic N) is 3. The van der Waals surface area contributed by atoms with E-state index in [9.17, 15) is 9.59 Å². The molecule has 1 aliphatic heterocycles. The normalized spacial score (nSPS) is 11.7. The quantitative estimate of drug-likeness (QED) is 0.373. The van der Waals surface area contributed by atoms with E-state index in [-0.39, 0.29) is 19.0 Å². The van der Waals surface area contributed by atoms with E-state index in [1.54, 1.807) is 4.90 Å². The minimum Gasteiger partial charge on any atom is -0.490 e. The van der Waals surface area contributed by atoms with Crippen molar-refractivity contribution in [2.24, 2.45) is 0 Å². The smallest absolute Gasteiger partial charge is 0.321 e. The first-order valence-corrected chi connectivity index (χ1v) is 12.1.